The highest BCUT2D eigenvalue weighted by Crippen LogP contribution is 2.25. The average molecular weight is 341 g/mol. The molecule has 4 rings (SSSR count). The van der Waals surface area contributed by atoms with Crippen LogP contribution in [0, 0.1) is 0 Å². The molecule has 3 fully saturated rings. The lowest BCUT2D eigenvalue weighted by Crippen LogP contribution is -2.43. The highest BCUT2D eigenvalue weighted by Gasteiger charge is 2.26. The van der Waals surface area contributed by atoms with Crippen LogP contribution in [0.5, 0.6) is 0 Å². The van der Waals surface area contributed by atoms with E-state index in [1.165, 1.54) is 50.9 Å². The molecule has 3 heterocycles. The molecule has 0 aromatic heterocycles. The van der Waals surface area contributed by atoms with Gasteiger partial charge < -0.3 is 14.7 Å². The number of amides is 1. The molecule has 3 aliphatic heterocycles. The molecule has 0 saturated carbocycles. The lowest BCUT2D eigenvalue weighted by Gasteiger charge is -2.37. The van der Waals surface area contributed by atoms with E-state index < -0.39 is 0 Å². The Kier molecular flexibility index (Phi) is 5.25. The molecule has 0 radical (unpaired) electrons. The third kappa shape index (κ3) is 3.84. The number of benzene rings is 1. The molecule has 1 aromatic rings. The number of hydrogen-bond donors (Lipinski definition) is 0. The van der Waals surface area contributed by atoms with Gasteiger partial charge in [-0.3, -0.25) is 4.79 Å². The molecule has 25 heavy (non-hydrogen) atoms. The first kappa shape index (κ1) is 16.9. The maximum absolute atomic E-state index is 12.6. The average Bonchev–Trinajstić information content (AvgIpc) is 3.23. The lowest BCUT2D eigenvalue weighted by atomic mass is 10.0. The Bertz CT molecular complexity index is 565. The van der Waals surface area contributed by atoms with Gasteiger partial charge in [0, 0.05) is 43.5 Å². The first-order valence-electron chi connectivity index (χ1n) is 10.2. The minimum atomic E-state index is 0.207. The van der Waals surface area contributed by atoms with Gasteiger partial charge in [-0.1, -0.05) is 0 Å². The highest BCUT2D eigenvalue weighted by atomic mass is 16.2. The van der Waals surface area contributed by atoms with Crippen molar-refractivity contribution in [1.29, 1.82) is 0 Å². The summed E-state index contributed by atoms with van der Waals surface area (Å²) in [6.45, 7) is 6.73. The predicted molar refractivity (Wildman–Crippen MR) is 102 cm³/mol. The normalized spacial score (nSPS) is 23.2. The minimum absolute atomic E-state index is 0.207. The van der Waals surface area contributed by atoms with E-state index in [4.69, 9.17) is 0 Å². The van der Waals surface area contributed by atoms with E-state index in [2.05, 4.69) is 21.9 Å². The number of piperidine rings is 2. The van der Waals surface area contributed by atoms with Gasteiger partial charge in [0.05, 0.1) is 0 Å². The van der Waals surface area contributed by atoms with Crippen LogP contribution in [-0.4, -0.2) is 61.0 Å². The van der Waals surface area contributed by atoms with Crippen molar-refractivity contribution in [3.63, 3.8) is 0 Å². The van der Waals surface area contributed by atoms with Crippen LogP contribution in [-0.2, 0) is 0 Å². The second-order valence-corrected chi connectivity index (χ2v) is 7.86. The summed E-state index contributed by atoms with van der Waals surface area (Å²) in [6.07, 6.45) is 8.87. The van der Waals surface area contributed by atoms with E-state index in [1.807, 2.05) is 17.0 Å². The second kappa shape index (κ2) is 7.77. The van der Waals surface area contributed by atoms with Crippen molar-refractivity contribution < 1.29 is 4.79 Å². The molecule has 0 N–H and O–H groups in total. The molecule has 0 aliphatic carbocycles. The zero-order valence-corrected chi connectivity index (χ0v) is 15.3. The molecule has 4 heteroatoms. The SMILES string of the molecule is O=C(c1ccc(N2CCC(N3CCCC3)CC2)cc1)N1CCCCC1. The summed E-state index contributed by atoms with van der Waals surface area (Å²) in [5.74, 6) is 0.207. The topological polar surface area (TPSA) is 26.8 Å². The Balaban J connectivity index is 1.33. The number of anilines is 1. The van der Waals surface area contributed by atoms with Gasteiger partial charge in [0.2, 0.25) is 0 Å². The number of carbonyl (C=O) groups is 1. The van der Waals surface area contributed by atoms with Crippen molar-refractivity contribution in [2.75, 3.05) is 44.2 Å². The molecule has 3 saturated heterocycles. The van der Waals surface area contributed by atoms with Gasteiger partial charge in [0.1, 0.15) is 0 Å². The Morgan fingerprint density at radius 2 is 1.36 bits per heavy atom. The van der Waals surface area contributed by atoms with E-state index in [-0.39, 0.29) is 5.91 Å². The smallest absolute Gasteiger partial charge is 0.253 e. The van der Waals surface area contributed by atoms with Crippen LogP contribution >= 0.6 is 0 Å². The van der Waals surface area contributed by atoms with Crippen LogP contribution in [0.4, 0.5) is 5.69 Å². The molecule has 1 amide bonds. The second-order valence-electron chi connectivity index (χ2n) is 7.86. The van der Waals surface area contributed by atoms with Crippen LogP contribution in [0.15, 0.2) is 24.3 Å². The molecule has 1 aromatic carbocycles. The highest BCUT2D eigenvalue weighted by molar-refractivity contribution is 5.94. The van der Waals surface area contributed by atoms with Crippen LogP contribution in [0.2, 0.25) is 0 Å². The minimum Gasteiger partial charge on any atom is -0.371 e. The summed E-state index contributed by atoms with van der Waals surface area (Å²) in [4.78, 5) is 19.8. The standard InChI is InChI=1S/C21H31N3O/c25-21(24-14-2-1-3-15-24)18-6-8-19(9-7-18)23-16-10-20(11-17-23)22-12-4-5-13-22/h6-9,20H,1-5,10-17H2. The largest absolute Gasteiger partial charge is 0.371 e. The molecular weight excluding hydrogens is 310 g/mol. The Morgan fingerprint density at radius 1 is 0.760 bits per heavy atom. The molecule has 0 bridgehead atoms. The zero-order valence-electron chi connectivity index (χ0n) is 15.3. The van der Waals surface area contributed by atoms with Crippen LogP contribution in [0.3, 0.4) is 0 Å². The van der Waals surface area contributed by atoms with Crippen LogP contribution in [0.1, 0.15) is 55.3 Å². The fourth-order valence-corrected chi connectivity index (χ4v) is 4.69. The van der Waals surface area contributed by atoms with E-state index in [0.29, 0.717) is 0 Å². The quantitative estimate of drug-likeness (QED) is 0.843. The fourth-order valence-electron chi connectivity index (χ4n) is 4.69. The van der Waals surface area contributed by atoms with Gasteiger partial charge in [0.15, 0.2) is 0 Å². The van der Waals surface area contributed by atoms with Gasteiger partial charge in [-0.15, -0.1) is 0 Å². The van der Waals surface area contributed by atoms with E-state index in [0.717, 1.165) is 50.6 Å². The Hall–Kier alpha value is -1.55. The third-order valence-electron chi connectivity index (χ3n) is 6.24. The van der Waals surface area contributed by atoms with Gasteiger partial charge in [-0.25, -0.2) is 0 Å². The van der Waals surface area contributed by atoms with E-state index >= 15 is 0 Å². The number of hydrogen-bond acceptors (Lipinski definition) is 3. The molecule has 0 spiro atoms. The molecule has 0 unspecified atom stereocenters. The van der Waals surface area contributed by atoms with Gasteiger partial charge in [0.25, 0.3) is 5.91 Å². The summed E-state index contributed by atoms with van der Waals surface area (Å²) in [6, 6.07) is 9.14. The van der Waals surface area contributed by atoms with Crippen molar-refractivity contribution >= 4 is 11.6 Å². The van der Waals surface area contributed by atoms with Crippen molar-refractivity contribution in [2.24, 2.45) is 0 Å². The van der Waals surface area contributed by atoms with Crippen molar-refractivity contribution in [3.8, 4) is 0 Å². The first-order chi connectivity index (χ1) is 12.3. The summed E-state index contributed by atoms with van der Waals surface area (Å²) in [5, 5.41) is 0. The number of carbonyl (C=O) groups excluding carboxylic acids is 1. The lowest BCUT2D eigenvalue weighted by molar-refractivity contribution is 0.0724. The zero-order chi connectivity index (χ0) is 17.1. The summed E-state index contributed by atoms with van der Waals surface area (Å²) in [7, 11) is 0. The summed E-state index contributed by atoms with van der Waals surface area (Å²) in [5.41, 5.74) is 2.12. The molecule has 0 atom stereocenters. The Morgan fingerprint density at radius 3 is 2.00 bits per heavy atom. The van der Waals surface area contributed by atoms with Crippen LogP contribution in [0.25, 0.3) is 0 Å². The Labute approximate surface area is 151 Å². The van der Waals surface area contributed by atoms with E-state index in [9.17, 15) is 4.79 Å². The number of likely N-dealkylation sites (tertiary alicyclic amines) is 2. The number of nitrogens with zero attached hydrogens (tertiary/aromatic N) is 3. The van der Waals surface area contributed by atoms with Crippen molar-refractivity contribution in [1.82, 2.24) is 9.80 Å². The fraction of sp³-hybridized carbons (Fsp3) is 0.667. The number of rotatable bonds is 3. The van der Waals surface area contributed by atoms with Gasteiger partial charge >= 0.3 is 0 Å². The van der Waals surface area contributed by atoms with Crippen LogP contribution < -0.4 is 4.90 Å². The monoisotopic (exact) mass is 341 g/mol. The first-order valence-corrected chi connectivity index (χ1v) is 10.2. The van der Waals surface area contributed by atoms with Crippen molar-refractivity contribution in [3.05, 3.63) is 29.8 Å². The summed E-state index contributed by atoms with van der Waals surface area (Å²) < 4.78 is 0. The van der Waals surface area contributed by atoms with E-state index in [1.54, 1.807) is 0 Å². The maximum Gasteiger partial charge on any atom is 0.253 e. The molecular formula is C21H31N3O. The maximum atomic E-state index is 12.6. The third-order valence-corrected chi connectivity index (χ3v) is 6.24. The molecule has 136 valence electrons. The van der Waals surface area contributed by atoms with Gasteiger partial charge in [-0.05, 0) is 82.3 Å². The molecule has 4 nitrogen and oxygen atoms in total. The van der Waals surface area contributed by atoms with Gasteiger partial charge in [-0.2, -0.15) is 0 Å². The van der Waals surface area contributed by atoms with Crippen molar-refractivity contribution in [2.45, 2.75) is 51.0 Å². The molecule has 3 aliphatic rings. The predicted octanol–water partition coefficient (Wildman–Crippen LogP) is 3.38. The summed E-state index contributed by atoms with van der Waals surface area (Å²) >= 11 is 0.